The lowest BCUT2D eigenvalue weighted by Crippen LogP contribution is -2.17. The number of rotatable bonds is 5. The monoisotopic (exact) mass is 286 g/mol. The average molecular weight is 286 g/mol. The van der Waals surface area contributed by atoms with Crippen LogP contribution in [0.2, 0.25) is 0 Å². The molecule has 3 nitrogen and oxygen atoms in total. The van der Waals surface area contributed by atoms with Crippen molar-refractivity contribution < 1.29 is 9.18 Å². The summed E-state index contributed by atoms with van der Waals surface area (Å²) in [4.78, 5) is 11.9. The van der Waals surface area contributed by atoms with Crippen LogP contribution in [0.4, 0.5) is 15.8 Å². The highest BCUT2D eigenvalue weighted by molar-refractivity contribution is 5.91. The number of amides is 1. The zero-order valence-corrected chi connectivity index (χ0v) is 12.2. The van der Waals surface area contributed by atoms with Gasteiger partial charge in [0.15, 0.2) is 0 Å². The molecule has 1 amide bonds. The van der Waals surface area contributed by atoms with Gasteiger partial charge in [0, 0.05) is 24.3 Å². The highest BCUT2D eigenvalue weighted by atomic mass is 19.1. The Labute approximate surface area is 124 Å². The van der Waals surface area contributed by atoms with E-state index >= 15 is 0 Å². The number of hydrogen-bond donors (Lipinski definition) is 2. The van der Waals surface area contributed by atoms with Crippen molar-refractivity contribution in [1.82, 2.24) is 0 Å². The van der Waals surface area contributed by atoms with Gasteiger partial charge in [-0.15, -0.1) is 0 Å². The average Bonchev–Trinajstić information content (AvgIpc) is 2.45. The van der Waals surface area contributed by atoms with Crippen LogP contribution in [0.5, 0.6) is 0 Å². The summed E-state index contributed by atoms with van der Waals surface area (Å²) in [6.07, 6.45) is 0.324. The molecule has 0 bridgehead atoms. The number of benzene rings is 2. The molecule has 0 atom stereocenters. The Hall–Kier alpha value is -2.36. The Balaban J connectivity index is 1.85. The second kappa shape index (κ2) is 6.88. The van der Waals surface area contributed by atoms with Gasteiger partial charge in [-0.05, 0) is 43.2 Å². The van der Waals surface area contributed by atoms with E-state index in [9.17, 15) is 9.18 Å². The van der Waals surface area contributed by atoms with Crippen molar-refractivity contribution in [2.24, 2.45) is 0 Å². The molecule has 0 unspecified atom stereocenters. The Morgan fingerprint density at radius 3 is 2.52 bits per heavy atom. The summed E-state index contributed by atoms with van der Waals surface area (Å²) in [5.41, 5.74) is 3.53. The molecule has 0 aliphatic carbocycles. The van der Waals surface area contributed by atoms with Crippen molar-refractivity contribution in [3.8, 4) is 0 Å². The third-order valence-corrected chi connectivity index (χ3v) is 3.29. The first-order valence-electron chi connectivity index (χ1n) is 6.92. The van der Waals surface area contributed by atoms with Crippen LogP contribution in [-0.2, 0) is 4.79 Å². The van der Waals surface area contributed by atoms with Crippen LogP contribution >= 0.6 is 0 Å². The van der Waals surface area contributed by atoms with Gasteiger partial charge < -0.3 is 10.6 Å². The molecule has 0 spiro atoms. The summed E-state index contributed by atoms with van der Waals surface area (Å²) in [5, 5.41) is 5.95. The molecule has 110 valence electrons. The van der Waals surface area contributed by atoms with E-state index < -0.39 is 0 Å². The van der Waals surface area contributed by atoms with E-state index in [1.165, 1.54) is 12.1 Å². The fourth-order valence-electron chi connectivity index (χ4n) is 2.02. The summed E-state index contributed by atoms with van der Waals surface area (Å²) in [6.45, 7) is 4.38. The van der Waals surface area contributed by atoms with Crippen molar-refractivity contribution in [1.29, 1.82) is 0 Å². The van der Waals surface area contributed by atoms with E-state index in [0.717, 1.165) is 16.8 Å². The van der Waals surface area contributed by atoms with E-state index in [1.807, 2.05) is 38.1 Å². The van der Waals surface area contributed by atoms with Gasteiger partial charge in [-0.25, -0.2) is 4.39 Å². The molecule has 0 saturated carbocycles. The summed E-state index contributed by atoms with van der Waals surface area (Å²) < 4.78 is 13.2. The van der Waals surface area contributed by atoms with Crippen molar-refractivity contribution in [3.63, 3.8) is 0 Å². The summed E-state index contributed by atoms with van der Waals surface area (Å²) >= 11 is 0. The molecule has 0 radical (unpaired) electrons. The summed E-state index contributed by atoms with van der Waals surface area (Å²) in [6, 6.07) is 12.3. The van der Waals surface area contributed by atoms with E-state index in [-0.39, 0.29) is 11.7 Å². The molecule has 0 fully saturated rings. The quantitative estimate of drug-likeness (QED) is 0.875. The number of anilines is 2. The van der Waals surface area contributed by atoms with Crippen molar-refractivity contribution in [3.05, 3.63) is 59.4 Å². The second-order valence-corrected chi connectivity index (χ2v) is 5.00. The predicted octanol–water partition coefficient (Wildman–Crippen LogP) is 3.88. The fourth-order valence-corrected chi connectivity index (χ4v) is 2.02. The Morgan fingerprint density at radius 2 is 1.76 bits per heavy atom. The minimum absolute atomic E-state index is 0.134. The molecule has 2 aromatic carbocycles. The largest absolute Gasteiger partial charge is 0.384 e. The van der Waals surface area contributed by atoms with E-state index in [1.54, 1.807) is 6.07 Å². The molecular weight excluding hydrogens is 267 g/mol. The second-order valence-electron chi connectivity index (χ2n) is 5.00. The van der Waals surface area contributed by atoms with E-state index in [2.05, 4.69) is 10.6 Å². The van der Waals surface area contributed by atoms with Gasteiger partial charge in [-0.1, -0.05) is 24.3 Å². The maximum Gasteiger partial charge on any atom is 0.226 e. The zero-order chi connectivity index (χ0) is 15.2. The molecule has 0 aliphatic heterocycles. The minimum atomic E-state index is -0.353. The molecule has 0 saturated heterocycles. The zero-order valence-electron chi connectivity index (χ0n) is 12.2. The Bertz CT molecular complexity index is 640. The molecule has 0 aliphatic rings. The molecular formula is C17H19FN2O. The van der Waals surface area contributed by atoms with Crippen LogP contribution < -0.4 is 10.6 Å². The normalized spacial score (nSPS) is 10.2. The Kier molecular flexibility index (Phi) is 4.93. The van der Waals surface area contributed by atoms with E-state index in [0.29, 0.717) is 18.7 Å². The lowest BCUT2D eigenvalue weighted by Gasteiger charge is -2.11. The van der Waals surface area contributed by atoms with Gasteiger partial charge >= 0.3 is 0 Å². The van der Waals surface area contributed by atoms with Crippen LogP contribution in [0.25, 0.3) is 0 Å². The SMILES string of the molecule is Cc1ccccc1NCCC(=O)Nc1cc(F)ccc1C. The van der Waals surface area contributed by atoms with Crippen molar-refractivity contribution in [2.75, 3.05) is 17.2 Å². The molecule has 21 heavy (non-hydrogen) atoms. The van der Waals surface area contributed by atoms with Gasteiger partial charge in [0.25, 0.3) is 0 Å². The Morgan fingerprint density at radius 1 is 1.05 bits per heavy atom. The molecule has 0 heterocycles. The van der Waals surface area contributed by atoms with Crippen LogP contribution in [0.3, 0.4) is 0 Å². The van der Waals surface area contributed by atoms with Crippen LogP contribution in [0.15, 0.2) is 42.5 Å². The molecule has 2 N–H and O–H groups in total. The number of carbonyl (C=O) groups excluding carboxylic acids is 1. The highest BCUT2D eigenvalue weighted by Gasteiger charge is 2.06. The van der Waals surface area contributed by atoms with Crippen LogP contribution in [0, 0.1) is 19.7 Å². The molecule has 2 aromatic rings. The third-order valence-electron chi connectivity index (χ3n) is 3.29. The number of aryl methyl sites for hydroxylation is 2. The first kappa shape index (κ1) is 15.0. The van der Waals surface area contributed by atoms with Crippen molar-refractivity contribution >= 4 is 17.3 Å². The fraction of sp³-hybridized carbons (Fsp3) is 0.235. The standard InChI is InChI=1S/C17H19FN2O/c1-12-5-3-4-6-15(12)19-10-9-17(21)20-16-11-14(18)8-7-13(16)2/h3-8,11,19H,9-10H2,1-2H3,(H,20,21). The molecule has 4 heteroatoms. The lowest BCUT2D eigenvalue weighted by molar-refractivity contribution is -0.115. The number of hydrogen-bond acceptors (Lipinski definition) is 2. The molecule has 0 aromatic heterocycles. The number of nitrogens with one attached hydrogen (secondary N) is 2. The minimum Gasteiger partial charge on any atom is -0.384 e. The van der Waals surface area contributed by atoms with Crippen molar-refractivity contribution in [2.45, 2.75) is 20.3 Å². The smallest absolute Gasteiger partial charge is 0.226 e. The number of halogens is 1. The summed E-state index contributed by atoms with van der Waals surface area (Å²) in [5.74, 6) is -0.487. The topological polar surface area (TPSA) is 41.1 Å². The van der Waals surface area contributed by atoms with Gasteiger partial charge in [0.1, 0.15) is 5.82 Å². The van der Waals surface area contributed by atoms with Crippen LogP contribution in [0.1, 0.15) is 17.5 Å². The van der Waals surface area contributed by atoms with Gasteiger partial charge in [0.2, 0.25) is 5.91 Å². The lowest BCUT2D eigenvalue weighted by atomic mass is 10.2. The van der Waals surface area contributed by atoms with Crippen LogP contribution in [-0.4, -0.2) is 12.5 Å². The predicted molar refractivity (Wildman–Crippen MR) is 84.1 cm³/mol. The van der Waals surface area contributed by atoms with E-state index in [4.69, 9.17) is 0 Å². The number of para-hydroxylation sites is 1. The maximum atomic E-state index is 13.2. The van der Waals surface area contributed by atoms with Gasteiger partial charge in [0.05, 0.1) is 0 Å². The van der Waals surface area contributed by atoms with Gasteiger partial charge in [-0.2, -0.15) is 0 Å². The van der Waals surface area contributed by atoms with Gasteiger partial charge in [-0.3, -0.25) is 4.79 Å². The first-order chi connectivity index (χ1) is 10.1. The summed E-state index contributed by atoms with van der Waals surface area (Å²) in [7, 11) is 0. The highest BCUT2D eigenvalue weighted by Crippen LogP contribution is 2.16. The first-order valence-corrected chi connectivity index (χ1v) is 6.92. The number of carbonyl (C=O) groups is 1. The molecule has 2 rings (SSSR count). The third kappa shape index (κ3) is 4.31. The maximum absolute atomic E-state index is 13.2.